The Balaban J connectivity index is 0.000000194. The van der Waals surface area contributed by atoms with E-state index in [1.165, 1.54) is 11.4 Å². The molecule has 2 saturated heterocycles. The van der Waals surface area contributed by atoms with E-state index in [0.717, 1.165) is 37.3 Å². The van der Waals surface area contributed by atoms with Crippen molar-refractivity contribution < 1.29 is 14.6 Å². The van der Waals surface area contributed by atoms with Gasteiger partial charge in [0, 0.05) is 63.3 Å². The normalized spacial score (nSPS) is 15.9. The van der Waals surface area contributed by atoms with Gasteiger partial charge in [-0.1, -0.05) is 36.4 Å². The van der Waals surface area contributed by atoms with Gasteiger partial charge in [0.15, 0.2) is 0 Å². The maximum absolute atomic E-state index is 12.2. The molecule has 0 radical (unpaired) electrons. The SMILES string of the molecule is CNc1ccc(N2CCN(C)CC2)cc1.Nc1cccc(-c2ccc(CC(=O)N3CCOCC3)cc2)c1O. The number of anilines is 3. The second kappa shape index (κ2) is 13.2. The van der Waals surface area contributed by atoms with Gasteiger partial charge in [0.1, 0.15) is 5.75 Å². The smallest absolute Gasteiger partial charge is 0.227 e. The first kappa shape index (κ1) is 27.3. The molecule has 3 aromatic carbocycles. The number of phenols is 1. The van der Waals surface area contributed by atoms with Crippen molar-refractivity contribution in [3.8, 4) is 16.9 Å². The number of aromatic hydroxyl groups is 1. The first-order valence-corrected chi connectivity index (χ1v) is 13.2. The van der Waals surface area contributed by atoms with Crippen molar-refractivity contribution in [2.45, 2.75) is 6.42 Å². The molecule has 8 nitrogen and oxygen atoms in total. The summed E-state index contributed by atoms with van der Waals surface area (Å²) in [4.78, 5) is 18.9. The number of likely N-dealkylation sites (N-methyl/N-ethyl adjacent to an activating group) is 1. The van der Waals surface area contributed by atoms with Crippen LogP contribution in [0, 0.1) is 0 Å². The van der Waals surface area contributed by atoms with Crippen molar-refractivity contribution in [3.63, 3.8) is 0 Å². The Kier molecular flexibility index (Phi) is 9.46. The van der Waals surface area contributed by atoms with Gasteiger partial charge in [-0.3, -0.25) is 4.79 Å². The van der Waals surface area contributed by atoms with Gasteiger partial charge in [-0.2, -0.15) is 0 Å². The van der Waals surface area contributed by atoms with Gasteiger partial charge in [0.25, 0.3) is 0 Å². The quantitative estimate of drug-likeness (QED) is 0.352. The van der Waals surface area contributed by atoms with Crippen LogP contribution in [0.3, 0.4) is 0 Å². The number of phenolic OH excluding ortho intramolecular Hbond substituents is 1. The number of carbonyl (C=O) groups excluding carboxylic acids is 1. The molecule has 0 saturated carbocycles. The van der Waals surface area contributed by atoms with E-state index in [4.69, 9.17) is 10.5 Å². The largest absolute Gasteiger partial charge is 0.505 e. The van der Waals surface area contributed by atoms with Crippen molar-refractivity contribution in [3.05, 3.63) is 72.3 Å². The first-order valence-electron chi connectivity index (χ1n) is 13.2. The van der Waals surface area contributed by atoms with Crippen molar-refractivity contribution in [2.75, 3.05) is 82.5 Å². The third-order valence-electron chi connectivity index (χ3n) is 7.08. The number of nitrogens with two attached hydrogens (primary N) is 1. The maximum Gasteiger partial charge on any atom is 0.227 e. The molecule has 0 unspecified atom stereocenters. The summed E-state index contributed by atoms with van der Waals surface area (Å²) in [5.41, 5.74) is 11.1. The number of hydrogen-bond donors (Lipinski definition) is 3. The summed E-state index contributed by atoms with van der Waals surface area (Å²) in [6.07, 6.45) is 0.378. The number of hydrogen-bond acceptors (Lipinski definition) is 7. The highest BCUT2D eigenvalue weighted by Gasteiger charge is 2.17. The monoisotopic (exact) mass is 517 g/mol. The molecule has 202 valence electrons. The minimum absolute atomic E-state index is 0.0876. The number of piperazine rings is 1. The number of carbonyl (C=O) groups is 1. The van der Waals surface area contributed by atoms with Crippen LogP contribution in [0.4, 0.5) is 17.1 Å². The van der Waals surface area contributed by atoms with Crippen LogP contribution in [-0.4, -0.2) is 87.4 Å². The minimum atomic E-state index is 0.0876. The zero-order valence-corrected chi connectivity index (χ0v) is 22.4. The second-order valence-electron chi connectivity index (χ2n) is 9.70. The Morgan fingerprint density at radius 1 is 0.921 bits per heavy atom. The number of ether oxygens (including phenoxy) is 1. The molecule has 2 fully saturated rings. The lowest BCUT2D eigenvalue weighted by molar-refractivity contribution is -0.134. The van der Waals surface area contributed by atoms with Crippen LogP contribution < -0.4 is 16.0 Å². The van der Waals surface area contributed by atoms with Crippen LogP contribution in [0.15, 0.2) is 66.7 Å². The maximum atomic E-state index is 12.2. The lowest BCUT2D eigenvalue weighted by atomic mass is 10.0. The molecule has 3 aromatic rings. The number of nitrogens with one attached hydrogen (secondary N) is 1. The molecule has 0 aromatic heterocycles. The van der Waals surface area contributed by atoms with E-state index in [-0.39, 0.29) is 11.7 Å². The molecular weight excluding hydrogens is 478 g/mol. The van der Waals surface area contributed by atoms with Crippen molar-refractivity contribution in [2.24, 2.45) is 0 Å². The highest BCUT2D eigenvalue weighted by atomic mass is 16.5. The fourth-order valence-electron chi connectivity index (χ4n) is 4.60. The van der Waals surface area contributed by atoms with E-state index in [2.05, 4.69) is 46.4 Å². The van der Waals surface area contributed by atoms with E-state index >= 15 is 0 Å². The third-order valence-corrected chi connectivity index (χ3v) is 7.08. The Morgan fingerprint density at radius 2 is 1.58 bits per heavy atom. The molecule has 2 heterocycles. The Morgan fingerprint density at radius 3 is 2.21 bits per heavy atom. The van der Waals surface area contributed by atoms with Crippen molar-refractivity contribution in [1.82, 2.24) is 9.80 Å². The number of para-hydroxylation sites is 1. The molecule has 1 amide bonds. The molecule has 0 bridgehead atoms. The average Bonchev–Trinajstić information content (AvgIpc) is 2.96. The topological polar surface area (TPSA) is 94.3 Å². The second-order valence-corrected chi connectivity index (χ2v) is 9.70. The predicted molar refractivity (Wildman–Crippen MR) is 155 cm³/mol. The number of amides is 1. The Hall–Kier alpha value is -3.75. The summed E-state index contributed by atoms with van der Waals surface area (Å²) in [7, 11) is 4.13. The molecule has 0 aliphatic carbocycles. The molecular formula is C30H39N5O3. The summed E-state index contributed by atoms with van der Waals surface area (Å²) >= 11 is 0. The van der Waals surface area contributed by atoms with Crippen LogP contribution in [0.2, 0.25) is 0 Å². The standard InChI is InChI=1S/C18H20N2O3.C12H19N3/c19-16-3-1-2-15(18(16)22)14-6-4-13(5-7-14)12-17(21)20-8-10-23-11-9-20;1-13-11-3-5-12(6-4-11)15-9-7-14(2)8-10-15/h1-7,22H,8-12,19H2;3-6,13H,7-10H2,1-2H3. The van der Waals surface area contributed by atoms with Gasteiger partial charge < -0.3 is 35.6 Å². The minimum Gasteiger partial charge on any atom is -0.505 e. The van der Waals surface area contributed by atoms with Crippen LogP contribution in [-0.2, 0) is 16.0 Å². The molecule has 8 heteroatoms. The fraction of sp³-hybridized carbons (Fsp3) is 0.367. The zero-order valence-electron chi connectivity index (χ0n) is 22.4. The number of rotatable bonds is 5. The number of nitrogen functional groups attached to an aromatic ring is 1. The average molecular weight is 518 g/mol. The highest BCUT2D eigenvalue weighted by Crippen LogP contribution is 2.33. The molecule has 5 rings (SSSR count). The lowest BCUT2D eigenvalue weighted by Gasteiger charge is -2.34. The van der Waals surface area contributed by atoms with Crippen molar-refractivity contribution >= 4 is 23.0 Å². The Labute approximate surface area is 225 Å². The van der Waals surface area contributed by atoms with Gasteiger partial charge in [0.05, 0.1) is 25.3 Å². The summed E-state index contributed by atoms with van der Waals surface area (Å²) in [5.74, 6) is 0.206. The van der Waals surface area contributed by atoms with Crippen LogP contribution in [0.25, 0.3) is 11.1 Å². The summed E-state index contributed by atoms with van der Waals surface area (Å²) in [5, 5.41) is 13.2. The van der Waals surface area contributed by atoms with E-state index in [1.807, 2.05) is 42.3 Å². The number of benzene rings is 3. The molecule has 2 aliphatic heterocycles. The molecule has 0 atom stereocenters. The molecule has 4 N–H and O–H groups in total. The van der Waals surface area contributed by atoms with Gasteiger partial charge in [-0.15, -0.1) is 0 Å². The van der Waals surface area contributed by atoms with Gasteiger partial charge in [-0.25, -0.2) is 0 Å². The summed E-state index contributed by atoms with van der Waals surface area (Å²) < 4.78 is 5.26. The predicted octanol–water partition coefficient (Wildman–Crippen LogP) is 3.52. The van der Waals surface area contributed by atoms with E-state index in [9.17, 15) is 9.90 Å². The first-order chi connectivity index (χ1) is 18.4. The van der Waals surface area contributed by atoms with Gasteiger partial charge in [-0.05, 0) is 48.5 Å². The zero-order chi connectivity index (χ0) is 26.9. The molecule has 38 heavy (non-hydrogen) atoms. The van der Waals surface area contributed by atoms with Gasteiger partial charge in [0.2, 0.25) is 5.91 Å². The number of morpholine rings is 1. The number of nitrogens with zero attached hydrogens (tertiary/aromatic N) is 3. The lowest BCUT2D eigenvalue weighted by Crippen LogP contribution is -2.44. The van der Waals surface area contributed by atoms with Crippen LogP contribution in [0.1, 0.15) is 5.56 Å². The molecule has 0 spiro atoms. The van der Waals surface area contributed by atoms with E-state index in [0.29, 0.717) is 44.0 Å². The third kappa shape index (κ3) is 7.18. The summed E-state index contributed by atoms with van der Waals surface area (Å²) in [6.45, 7) is 7.13. The fourth-order valence-corrected chi connectivity index (χ4v) is 4.60. The Bertz CT molecular complexity index is 1170. The van der Waals surface area contributed by atoms with Crippen molar-refractivity contribution in [1.29, 1.82) is 0 Å². The van der Waals surface area contributed by atoms with E-state index in [1.54, 1.807) is 12.1 Å². The highest BCUT2D eigenvalue weighted by molar-refractivity contribution is 5.80. The van der Waals surface area contributed by atoms with E-state index < -0.39 is 0 Å². The molecule has 2 aliphatic rings. The van der Waals surface area contributed by atoms with Gasteiger partial charge >= 0.3 is 0 Å². The summed E-state index contributed by atoms with van der Waals surface area (Å²) in [6, 6.07) is 21.6. The van der Waals surface area contributed by atoms with Crippen LogP contribution >= 0.6 is 0 Å². The van der Waals surface area contributed by atoms with Crippen LogP contribution in [0.5, 0.6) is 5.75 Å².